The zero-order valence-electron chi connectivity index (χ0n) is 12.7. The van der Waals surface area contributed by atoms with Crippen LogP contribution >= 0.6 is 0 Å². The van der Waals surface area contributed by atoms with Gasteiger partial charge in [0.05, 0.1) is 7.11 Å². The summed E-state index contributed by atoms with van der Waals surface area (Å²) in [6.07, 6.45) is 0. The largest absolute Gasteiger partial charge is 0.497 e. The van der Waals surface area contributed by atoms with Gasteiger partial charge in [-0.15, -0.1) is 0 Å². The number of nitrogens with one attached hydrogen (secondary N) is 1. The van der Waals surface area contributed by atoms with Crippen LogP contribution < -0.4 is 15.5 Å². The first-order valence-electron chi connectivity index (χ1n) is 7.18. The van der Waals surface area contributed by atoms with Gasteiger partial charge in [-0.05, 0) is 23.8 Å². The first-order valence-corrected chi connectivity index (χ1v) is 7.18. The van der Waals surface area contributed by atoms with Crippen LogP contribution in [-0.4, -0.2) is 7.11 Å². The molecule has 0 radical (unpaired) electrons. The molecular weight excluding hydrogens is 286 g/mol. The maximum atomic E-state index is 9.43. The second-order valence-corrected chi connectivity index (χ2v) is 5.10. The molecule has 0 unspecified atom stereocenters. The van der Waals surface area contributed by atoms with Gasteiger partial charge in [-0.1, -0.05) is 42.5 Å². The maximum absolute atomic E-state index is 9.43. The van der Waals surface area contributed by atoms with E-state index >= 15 is 0 Å². The number of methoxy groups -OCH3 is 1. The summed E-state index contributed by atoms with van der Waals surface area (Å²) in [6, 6.07) is 21.6. The van der Waals surface area contributed by atoms with Crippen LogP contribution in [0.25, 0.3) is 22.4 Å². The van der Waals surface area contributed by atoms with E-state index in [4.69, 9.17) is 10.5 Å². The van der Waals surface area contributed by atoms with Crippen molar-refractivity contribution in [1.29, 1.82) is 5.26 Å². The van der Waals surface area contributed by atoms with Gasteiger partial charge in [0.1, 0.15) is 23.1 Å². The monoisotopic (exact) mass is 302 g/mol. The summed E-state index contributed by atoms with van der Waals surface area (Å²) in [6.45, 7) is 0. The third-order valence-corrected chi connectivity index (χ3v) is 3.67. The number of benzene rings is 2. The van der Waals surface area contributed by atoms with E-state index in [-0.39, 0.29) is 0 Å². The van der Waals surface area contributed by atoms with E-state index in [0.29, 0.717) is 11.4 Å². The summed E-state index contributed by atoms with van der Waals surface area (Å²) < 4.78 is 5.27. The fraction of sp³-hybridized carbons (Fsp3) is 0.0526. The van der Waals surface area contributed by atoms with Crippen LogP contribution in [0.3, 0.4) is 0 Å². The Hall–Kier alpha value is -3.32. The normalized spacial score (nSPS) is 10.1. The number of aromatic amines is 1. The van der Waals surface area contributed by atoms with Crippen molar-refractivity contribution < 1.29 is 9.72 Å². The molecule has 3 rings (SSSR count). The number of nitrogens with zero attached hydrogens (tertiary/aromatic N) is 1. The van der Waals surface area contributed by atoms with Gasteiger partial charge in [0.2, 0.25) is 0 Å². The van der Waals surface area contributed by atoms with Crippen LogP contribution in [0.4, 0.5) is 5.82 Å². The molecule has 3 aromatic rings. The number of hydrogen-bond acceptors (Lipinski definition) is 3. The Labute approximate surface area is 134 Å². The number of nitrogens with two attached hydrogens (primary N) is 1. The molecule has 0 aliphatic heterocycles. The molecule has 1 heterocycles. The van der Waals surface area contributed by atoms with Crippen molar-refractivity contribution in [3.05, 3.63) is 66.2 Å². The molecular formula is C19H16N3O+. The van der Waals surface area contributed by atoms with Gasteiger partial charge >= 0.3 is 0 Å². The summed E-state index contributed by atoms with van der Waals surface area (Å²) in [4.78, 5) is 3.10. The van der Waals surface area contributed by atoms with Gasteiger partial charge in [0.15, 0.2) is 0 Å². The molecule has 0 saturated carbocycles. The van der Waals surface area contributed by atoms with Crippen molar-refractivity contribution in [3.63, 3.8) is 0 Å². The summed E-state index contributed by atoms with van der Waals surface area (Å²) in [5.41, 5.74) is 10.1. The fourth-order valence-electron chi connectivity index (χ4n) is 2.52. The maximum Gasteiger partial charge on any atom is 0.289 e. The zero-order valence-corrected chi connectivity index (χ0v) is 12.7. The lowest BCUT2D eigenvalue weighted by Crippen LogP contribution is -2.16. The quantitative estimate of drug-likeness (QED) is 0.806. The van der Waals surface area contributed by atoms with Gasteiger partial charge in [0.25, 0.3) is 5.82 Å². The second-order valence-electron chi connectivity index (χ2n) is 5.10. The first-order chi connectivity index (χ1) is 11.2. The SMILES string of the molecule is COc1cccc(-c2cc(-c3ccccc3)c(C#N)c(N)[nH+]2)c1. The number of anilines is 1. The minimum Gasteiger partial charge on any atom is -0.497 e. The Morgan fingerprint density at radius 2 is 1.74 bits per heavy atom. The summed E-state index contributed by atoms with van der Waals surface area (Å²) in [5, 5.41) is 9.43. The van der Waals surface area contributed by atoms with Crippen LogP contribution in [0.15, 0.2) is 60.7 Å². The van der Waals surface area contributed by atoms with Gasteiger partial charge in [-0.3, -0.25) is 5.73 Å². The van der Waals surface area contributed by atoms with E-state index in [2.05, 4.69) is 11.1 Å². The second kappa shape index (κ2) is 6.20. The lowest BCUT2D eigenvalue weighted by Gasteiger charge is -2.08. The molecule has 112 valence electrons. The van der Waals surface area contributed by atoms with Crippen LogP contribution in [0.2, 0.25) is 0 Å². The molecule has 3 N–H and O–H groups in total. The Kier molecular flexibility index (Phi) is 3.94. The number of nitriles is 1. The van der Waals surface area contributed by atoms with Crippen LogP contribution in [0, 0.1) is 11.3 Å². The minimum absolute atomic E-state index is 0.353. The van der Waals surface area contributed by atoms with Crippen LogP contribution in [-0.2, 0) is 0 Å². The average Bonchev–Trinajstić information content (AvgIpc) is 2.61. The Morgan fingerprint density at radius 1 is 1.00 bits per heavy atom. The third kappa shape index (κ3) is 2.85. The molecule has 1 aromatic heterocycles. The first kappa shape index (κ1) is 14.6. The van der Waals surface area contributed by atoms with E-state index < -0.39 is 0 Å². The minimum atomic E-state index is 0.353. The van der Waals surface area contributed by atoms with Crippen molar-refractivity contribution in [1.82, 2.24) is 0 Å². The molecule has 0 aliphatic carbocycles. The van der Waals surface area contributed by atoms with Crippen LogP contribution in [0.1, 0.15) is 5.56 Å². The van der Waals surface area contributed by atoms with Gasteiger partial charge in [-0.2, -0.15) is 5.26 Å². The van der Waals surface area contributed by atoms with E-state index in [9.17, 15) is 5.26 Å². The van der Waals surface area contributed by atoms with Crippen molar-refractivity contribution in [2.45, 2.75) is 0 Å². The molecule has 0 spiro atoms. The lowest BCUT2D eigenvalue weighted by atomic mass is 9.98. The van der Waals surface area contributed by atoms with Crippen LogP contribution in [0.5, 0.6) is 5.75 Å². The molecule has 0 fully saturated rings. The number of ether oxygens (including phenoxy) is 1. The molecule has 0 amide bonds. The molecule has 4 heteroatoms. The molecule has 0 aliphatic rings. The smallest absolute Gasteiger partial charge is 0.289 e. The number of nitrogen functional groups attached to an aromatic ring is 1. The van der Waals surface area contributed by atoms with Gasteiger partial charge < -0.3 is 4.74 Å². The fourth-order valence-corrected chi connectivity index (χ4v) is 2.52. The number of rotatable bonds is 3. The molecule has 4 nitrogen and oxygen atoms in total. The highest BCUT2D eigenvalue weighted by atomic mass is 16.5. The highest BCUT2D eigenvalue weighted by molar-refractivity contribution is 5.77. The van der Waals surface area contributed by atoms with E-state index in [0.717, 1.165) is 28.1 Å². The number of pyridine rings is 1. The number of H-pyrrole nitrogens is 1. The molecule has 2 aromatic carbocycles. The average molecular weight is 302 g/mol. The van der Waals surface area contributed by atoms with E-state index in [1.165, 1.54) is 0 Å². The predicted molar refractivity (Wildman–Crippen MR) is 89.5 cm³/mol. The van der Waals surface area contributed by atoms with E-state index in [1.54, 1.807) is 7.11 Å². The van der Waals surface area contributed by atoms with Crippen molar-refractivity contribution >= 4 is 5.82 Å². The predicted octanol–water partition coefficient (Wildman–Crippen LogP) is 3.30. The Balaban J connectivity index is 2.21. The summed E-state index contributed by atoms with van der Waals surface area (Å²) in [7, 11) is 1.63. The summed E-state index contributed by atoms with van der Waals surface area (Å²) >= 11 is 0. The van der Waals surface area contributed by atoms with Crippen molar-refractivity contribution in [3.8, 4) is 34.2 Å². The number of aromatic nitrogens is 1. The highest BCUT2D eigenvalue weighted by Gasteiger charge is 2.17. The van der Waals surface area contributed by atoms with Gasteiger partial charge in [-0.25, -0.2) is 4.98 Å². The molecule has 0 atom stereocenters. The highest BCUT2D eigenvalue weighted by Crippen LogP contribution is 2.29. The Bertz CT molecular complexity index is 883. The molecule has 0 bridgehead atoms. The van der Waals surface area contributed by atoms with Crippen molar-refractivity contribution in [2.75, 3.05) is 12.8 Å². The summed E-state index contributed by atoms with van der Waals surface area (Å²) in [5.74, 6) is 1.12. The standard InChI is InChI=1S/C19H15N3O/c1-23-15-9-5-8-14(10-15)18-11-16(13-6-3-2-4-7-13)17(12-20)19(21)22-18/h2-11H,1H3,(H2,21,22)/p+1. The Morgan fingerprint density at radius 3 is 2.43 bits per heavy atom. The molecule has 0 saturated heterocycles. The van der Waals surface area contributed by atoms with E-state index in [1.807, 2.05) is 60.7 Å². The molecule has 23 heavy (non-hydrogen) atoms. The lowest BCUT2D eigenvalue weighted by molar-refractivity contribution is -0.346. The zero-order chi connectivity index (χ0) is 16.2. The number of hydrogen-bond donors (Lipinski definition) is 1. The van der Waals surface area contributed by atoms with Crippen molar-refractivity contribution in [2.24, 2.45) is 0 Å². The van der Waals surface area contributed by atoms with Gasteiger partial charge in [0, 0.05) is 11.1 Å². The topological polar surface area (TPSA) is 73.2 Å². The third-order valence-electron chi connectivity index (χ3n) is 3.67.